The van der Waals surface area contributed by atoms with Gasteiger partial charge in [0.15, 0.2) is 0 Å². The second-order valence-corrected chi connectivity index (χ2v) is 8.89. The van der Waals surface area contributed by atoms with E-state index in [1.165, 1.54) is 19.3 Å². The fraction of sp³-hybridized carbons (Fsp3) is 0.444. The number of piperidine rings is 1. The smallest absolute Gasteiger partial charge is 0.253 e. The first-order chi connectivity index (χ1) is 15.6. The molecule has 1 saturated heterocycles. The zero-order valence-corrected chi connectivity index (χ0v) is 19.4. The van der Waals surface area contributed by atoms with Gasteiger partial charge in [0.2, 0.25) is 0 Å². The van der Waals surface area contributed by atoms with Gasteiger partial charge >= 0.3 is 0 Å². The number of amides is 1. The van der Waals surface area contributed by atoms with Crippen molar-refractivity contribution in [2.45, 2.75) is 58.9 Å². The Hall–Kier alpha value is -2.79. The number of phenolic OH excluding ortho intramolecular Hbond substituents is 1. The molecule has 1 aliphatic rings. The number of carbonyl (C=O) groups excluding carboxylic acids is 1. The summed E-state index contributed by atoms with van der Waals surface area (Å²) in [5.41, 5.74) is 4.45. The number of likely N-dealkylation sites (tertiary alicyclic amines) is 1. The molecule has 4 rings (SSSR count). The highest BCUT2D eigenvalue weighted by molar-refractivity contribution is 6.10. The molecule has 0 aliphatic carbocycles. The zero-order valence-electron chi connectivity index (χ0n) is 19.4. The Morgan fingerprint density at radius 2 is 1.78 bits per heavy atom. The van der Waals surface area contributed by atoms with Crippen LogP contribution in [0.3, 0.4) is 0 Å². The van der Waals surface area contributed by atoms with Gasteiger partial charge in [-0.05, 0) is 63.5 Å². The molecule has 3 aromatic rings. The van der Waals surface area contributed by atoms with E-state index in [0.717, 1.165) is 60.2 Å². The standard InChI is InChI=1S/C27H35N3O2/c1-3-4-9-16-28-27(32)25-20(2)30(21-12-7-5-8-13-21)23-14-15-24(31)22(26(23)25)19-29-17-10-6-11-18-29/h5,7-8,12-15,31H,3-4,6,9-11,16-19H2,1-2H3,(H,28,32). The van der Waals surface area contributed by atoms with Crippen molar-refractivity contribution in [3.05, 3.63) is 59.3 Å². The lowest BCUT2D eigenvalue weighted by molar-refractivity contribution is 0.0954. The van der Waals surface area contributed by atoms with E-state index in [9.17, 15) is 9.90 Å². The van der Waals surface area contributed by atoms with E-state index in [0.29, 0.717) is 18.7 Å². The summed E-state index contributed by atoms with van der Waals surface area (Å²) in [6.07, 6.45) is 6.84. The Morgan fingerprint density at radius 3 is 2.50 bits per heavy atom. The maximum Gasteiger partial charge on any atom is 0.253 e. The van der Waals surface area contributed by atoms with E-state index in [4.69, 9.17) is 0 Å². The number of nitrogens with zero attached hydrogens (tertiary/aromatic N) is 2. The summed E-state index contributed by atoms with van der Waals surface area (Å²) >= 11 is 0. The van der Waals surface area contributed by atoms with Gasteiger partial charge in [0.1, 0.15) is 5.75 Å². The molecule has 1 fully saturated rings. The van der Waals surface area contributed by atoms with Crippen molar-refractivity contribution in [1.29, 1.82) is 0 Å². The molecule has 0 bridgehead atoms. The molecule has 1 aromatic heterocycles. The van der Waals surface area contributed by atoms with Crippen molar-refractivity contribution in [2.75, 3.05) is 19.6 Å². The van der Waals surface area contributed by atoms with E-state index >= 15 is 0 Å². The molecule has 2 heterocycles. The maximum atomic E-state index is 13.4. The molecule has 0 atom stereocenters. The summed E-state index contributed by atoms with van der Waals surface area (Å²) in [6.45, 7) is 7.58. The van der Waals surface area contributed by atoms with Crippen LogP contribution in [0.25, 0.3) is 16.6 Å². The molecule has 5 heteroatoms. The van der Waals surface area contributed by atoms with Crippen molar-refractivity contribution in [2.24, 2.45) is 0 Å². The lowest BCUT2D eigenvalue weighted by atomic mass is 10.0. The molecule has 0 radical (unpaired) electrons. The van der Waals surface area contributed by atoms with Crippen LogP contribution in [0.2, 0.25) is 0 Å². The minimum Gasteiger partial charge on any atom is -0.508 e. The van der Waals surface area contributed by atoms with Gasteiger partial charge in [-0.25, -0.2) is 0 Å². The van der Waals surface area contributed by atoms with Crippen LogP contribution in [-0.2, 0) is 6.54 Å². The van der Waals surface area contributed by atoms with Gasteiger partial charge in [0.05, 0.1) is 11.1 Å². The molecule has 2 aromatic carbocycles. The van der Waals surface area contributed by atoms with Crippen LogP contribution >= 0.6 is 0 Å². The Morgan fingerprint density at radius 1 is 1.03 bits per heavy atom. The van der Waals surface area contributed by atoms with Gasteiger partial charge in [-0.15, -0.1) is 0 Å². The highest BCUT2D eigenvalue weighted by Gasteiger charge is 2.25. The summed E-state index contributed by atoms with van der Waals surface area (Å²) in [4.78, 5) is 15.8. The van der Waals surface area contributed by atoms with Crippen molar-refractivity contribution in [3.63, 3.8) is 0 Å². The number of aromatic nitrogens is 1. The first kappa shape index (κ1) is 22.4. The zero-order chi connectivity index (χ0) is 22.5. The van der Waals surface area contributed by atoms with Crippen molar-refractivity contribution in [1.82, 2.24) is 14.8 Å². The summed E-state index contributed by atoms with van der Waals surface area (Å²) in [5, 5.41) is 14.9. The molecule has 1 aliphatic heterocycles. The van der Waals surface area contributed by atoms with Gasteiger partial charge in [-0.3, -0.25) is 9.69 Å². The SMILES string of the molecule is CCCCCNC(=O)c1c(C)n(-c2ccccc2)c2ccc(O)c(CN3CCCCC3)c12. The number of aromatic hydroxyl groups is 1. The molecule has 2 N–H and O–H groups in total. The second kappa shape index (κ2) is 10.2. The quantitative estimate of drug-likeness (QED) is 0.458. The monoisotopic (exact) mass is 433 g/mol. The molecular formula is C27H35N3O2. The topological polar surface area (TPSA) is 57.5 Å². The van der Waals surface area contributed by atoms with Crippen LogP contribution in [0, 0.1) is 6.92 Å². The molecule has 5 nitrogen and oxygen atoms in total. The largest absolute Gasteiger partial charge is 0.508 e. The number of hydrogen-bond acceptors (Lipinski definition) is 3. The molecule has 0 saturated carbocycles. The van der Waals surface area contributed by atoms with Crippen LogP contribution in [0.15, 0.2) is 42.5 Å². The first-order valence-corrected chi connectivity index (χ1v) is 12.0. The Bertz CT molecular complexity index is 1070. The number of nitrogens with one attached hydrogen (secondary N) is 1. The number of hydrogen-bond donors (Lipinski definition) is 2. The minimum atomic E-state index is -0.0521. The lowest BCUT2D eigenvalue weighted by Crippen LogP contribution is -2.29. The van der Waals surface area contributed by atoms with Crippen LogP contribution in [-0.4, -0.2) is 40.1 Å². The van der Waals surface area contributed by atoms with Crippen LogP contribution in [0.4, 0.5) is 0 Å². The van der Waals surface area contributed by atoms with Crippen molar-refractivity contribution < 1.29 is 9.90 Å². The van der Waals surface area contributed by atoms with E-state index in [1.807, 2.05) is 31.2 Å². The van der Waals surface area contributed by atoms with Crippen LogP contribution in [0.5, 0.6) is 5.75 Å². The molecule has 1 amide bonds. The highest BCUT2D eigenvalue weighted by Crippen LogP contribution is 2.37. The fourth-order valence-corrected chi connectivity index (χ4v) is 4.92. The third-order valence-electron chi connectivity index (χ3n) is 6.59. The fourth-order valence-electron chi connectivity index (χ4n) is 4.92. The number of rotatable bonds is 8. The van der Waals surface area contributed by atoms with E-state index in [-0.39, 0.29) is 11.7 Å². The second-order valence-electron chi connectivity index (χ2n) is 8.89. The van der Waals surface area contributed by atoms with Gasteiger partial charge in [-0.1, -0.05) is 44.4 Å². The predicted molar refractivity (Wildman–Crippen MR) is 131 cm³/mol. The highest BCUT2D eigenvalue weighted by atomic mass is 16.3. The average molecular weight is 434 g/mol. The third-order valence-corrected chi connectivity index (χ3v) is 6.59. The number of benzene rings is 2. The number of carbonyl (C=O) groups is 1. The van der Waals surface area contributed by atoms with Gasteiger partial charge < -0.3 is 15.0 Å². The lowest BCUT2D eigenvalue weighted by Gasteiger charge is -2.27. The summed E-state index contributed by atoms with van der Waals surface area (Å²) < 4.78 is 2.15. The number of unbranched alkanes of at least 4 members (excludes halogenated alkanes) is 2. The Kier molecular flexibility index (Phi) is 7.15. The van der Waals surface area contributed by atoms with Gasteiger partial charge in [0, 0.05) is 35.4 Å². The summed E-state index contributed by atoms with van der Waals surface area (Å²) in [7, 11) is 0. The predicted octanol–water partition coefficient (Wildman–Crippen LogP) is 5.55. The Balaban J connectivity index is 1.84. The normalized spacial score (nSPS) is 14.7. The van der Waals surface area contributed by atoms with Crippen LogP contribution < -0.4 is 5.32 Å². The summed E-state index contributed by atoms with van der Waals surface area (Å²) in [6, 6.07) is 13.9. The number of fused-ring (bicyclic) bond motifs is 1. The van der Waals surface area contributed by atoms with E-state index in [2.05, 4.69) is 33.8 Å². The minimum absolute atomic E-state index is 0.0521. The van der Waals surface area contributed by atoms with Gasteiger partial charge in [-0.2, -0.15) is 0 Å². The van der Waals surface area contributed by atoms with E-state index in [1.54, 1.807) is 6.07 Å². The van der Waals surface area contributed by atoms with E-state index < -0.39 is 0 Å². The first-order valence-electron chi connectivity index (χ1n) is 12.0. The number of phenols is 1. The average Bonchev–Trinajstić information content (AvgIpc) is 3.12. The Labute approximate surface area is 191 Å². The van der Waals surface area contributed by atoms with Crippen molar-refractivity contribution in [3.8, 4) is 11.4 Å². The molecular weight excluding hydrogens is 398 g/mol. The molecule has 170 valence electrons. The molecule has 0 spiro atoms. The summed E-state index contributed by atoms with van der Waals surface area (Å²) in [5.74, 6) is 0.220. The number of para-hydroxylation sites is 1. The molecule has 0 unspecified atom stereocenters. The van der Waals surface area contributed by atoms with Crippen molar-refractivity contribution >= 4 is 16.8 Å². The molecule has 32 heavy (non-hydrogen) atoms. The van der Waals surface area contributed by atoms with Crippen LogP contribution in [0.1, 0.15) is 67.1 Å². The van der Waals surface area contributed by atoms with Gasteiger partial charge in [0.25, 0.3) is 5.91 Å². The third kappa shape index (κ3) is 4.53. The maximum absolute atomic E-state index is 13.4.